The van der Waals surface area contributed by atoms with Gasteiger partial charge in [-0.25, -0.2) is 4.39 Å². The van der Waals surface area contributed by atoms with Crippen molar-refractivity contribution in [2.45, 2.75) is 19.3 Å². The second kappa shape index (κ2) is 7.23. The maximum Gasteiger partial charge on any atom is 0.261 e. The summed E-state index contributed by atoms with van der Waals surface area (Å²) in [6, 6.07) is 13.2. The first-order valence-corrected chi connectivity index (χ1v) is 9.09. The van der Waals surface area contributed by atoms with Gasteiger partial charge in [-0.3, -0.25) is 9.59 Å². The van der Waals surface area contributed by atoms with Gasteiger partial charge in [-0.2, -0.15) is 0 Å². The van der Waals surface area contributed by atoms with Crippen LogP contribution >= 0.6 is 0 Å². The van der Waals surface area contributed by atoms with E-state index in [2.05, 4.69) is 15.2 Å². The maximum absolute atomic E-state index is 13.3. The fourth-order valence-electron chi connectivity index (χ4n) is 3.45. The predicted octanol–water partition coefficient (Wildman–Crippen LogP) is 3.91. The molecule has 2 N–H and O–H groups in total. The second-order valence-electron chi connectivity index (χ2n) is 6.79. The summed E-state index contributed by atoms with van der Waals surface area (Å²) in [5.41, 5.74) is 1.57. The van der Waals surface area contributed by atoms with E-state index in [9.17, 15) is 14.0 Å². The highest BCUT2D eigenvalue weighted by Gasteiger charge is 2.14. The third-order valence-corrected chi connectivity index (χ3v) is 4.90. The summed E-state index contributed by atoms with van der Waals surface area (Å²) in [5.74, 6) is -0.933. The normalized spacial score (nSPS) is 14.3. The molecule has 6 heteroatoms. The number of rotatable bonds is 3. The molecule has 1 aliphatic rings. The van der Waals surface area contributed by atoms with Gasteiger partial charge in [0.05, 0.1) is 5.52 Å². The van der Waals surface area contributed by atoms with Crippen LogP contribution in [0, 0.1) is 5.82 Å². The summed E-state index contributed by atoms with van der Waals surface area (Å²) in [7, 11) is 0. The number of H-pyrrole nitrogens is 1. The lowest BCUT2D eigenvalue weighted by atomic mass is 10.1. The van der Waals surface area contributed by atoms with E-state index < -0.39 is 17.3 Å². The number of hydrogen-bond acceptors (Lipinski definition) is 3. The number of carbonyl (C=O) groups excluding carboxylic acids is 1. The highest BCUT2D eigenvalue weighted by atomic mass is 19.1. The average Bonchev–Trinajstić information content (AvgIpc) is 2.68. The molecule has 0 aliphatic carbocycles. The van der Waals surface area contributed by atoms with Gasteiger partial charge in [-0.1, -0.05) is 0 Å². The van der Waals surface area contributed by atoms with Gasteiger partial charge in [0.1, 0.15) is 11.4 Å². The predicted molar refractivity (Wildman–Crippen MR) is 105 cm³/mol. The Morgan fingerprint density at radius 3 is 2.48 bits per heavy atom. The van der Waals surface area contributed by atoms with Crippen molar-refractivity contribution in [1.82, 2.24) is 4.98 Å². The van der Waals surface area contributed by atoms with Gasteiger partial charge >= 0.3 is 0 Å². The van der Waals surface area contributed by atoms with Crippen molar-refractivity contribution in [2.75, 3.05) is 23.3 Å². The first-order valence-electron chi connectivity index (χ1n) is 9.09. The molecule has 1 aliphatic heterocycles. The van der Waals surface area contributed by atoms with E-state index in [0.717, 1.165) is 18.8 Å². The Labute approximate surface area is 155 Å². The zero-order valence-electron chi connectivity index (χ0n) is 14.8. The highest BCUT2D eigenvalue weighted by molar-refractivity contribution is 6.05. The van der Waals surface area contributed by atoms with Crippen molar-refractivity contribution in [2.24, 2.45) is 0 Å². The molecule has 0 atom stereocenters. The minimum Gasteiger partial charge on any atom is -0.372 e. The number of carbonyl (C=O) groups is 1. The van der Waals surface area contributed by atoms with Gasteiger partial charge < -0.3 is 15.2 Å². The van der Waals surface area contributed by atoms with Crippen LogP contribution in [0.3, 0.4) is 0 Å². The van der Waals surface area contributed by atoms with Crippen molar-refractivity contribution in [3.63, 3.8) is 0 Å². The van der Waals surface area contributed by atoms with Crippen LogP contribution in [0.2, 0.25) is 0 Å². The lowest BCUT2D eigenvalue weighted by Crippen LogP contribution is -2.29. The molecule has 0 saturated carbocycles. The molecule has 1 amide bonds. The Kier molecular flexibility index (Phi) is 4.62. The van der Waals surface area contributed by atoms with Crippen LogP contribution in [-0.2, 0) is 0 Å². The minimum absolute atomic E-state index is 0.00536. The van der Waals surface area contributed by atoms with Crippen LogP contribution < -0.4 is 15.8 Å². The SMILES string of the molecule is O=C(Nc1ccc(N2CCCCC2)cc1)c1cc2ccc(F)cc2[nH]c1=O. The Bertz CT molecular complexity index is 1040. The number of halogens is 1. The summed E-state index contributed by atoms with van der Waals surface area (Å²) in [4.78, 5) is 29.6. The van der Waals surface area contributed by atoms with E-state index in [1.165, 1.54) is 43.5 Å². The standard InChI is InChI=1S/C21H20FN3O2/c22-15-5-4-14-12-18(21(27)24-19(14)13-15)20(26)23-16-6-8-17(9-7-16)25-10-2-1-3-11-25/h4-9,12-13H,1-3,10-11H2,(H,23,26)(H,24,27). The first kappa shape index (κ1) is 17.3. The molecule has 5 nitrogen and oxygen atoms in total. The van der Waals surface area contributed by atoms with Crippen molar-refractivity contribution < 1.29 is 9.18 Å². The fourth-order valence-corrected chi connectivity index (χ4v) is 3.45. The van der Waals surface area contributed by atoms with Crippen LogP contribution in [0.15, 0.2) is 53.3 Å². The first-order chi connectivity index (χ1) is 13.1. The van der Waals surface area contributed by atoms with Crippen molar-refractivity contribution in [3.05, 3.63) is 70.3 Å². The molecule has 138 valence electrons. The maximum atomic E-state index is 13.3. The molecule has 0 spiro atoms. The van der Waals surface area contributed by atoms with E-state index in [4.69, 9.17) is 0 Å². The van der Waals surface area contributed by atoms with Crippen molar-refractivity contribution >= 4 is 28.2 Å². The highest BCUT2D eigenvalue weighted by Crippen LogP contribution is 2.22. The molecule has 4 rings (SSSR count). The summed E-state index contributed by atoms with van der Waals surface area (Å²) in [6.45, 7) is 2.11. The molecule has 0 unspecified atom stereocenters. The summed E-state index contributed by atoms with van der Waals surface area (Å²) >= 11 is 0. The number of anilines is 2. The lowest BCUT2D eigenvalue weighted by molar-refractivity contribution is 0.102. The molecule has 2 aromatic carbocycles. The zero-order valence-corrected chi connectivity index (χ0v) is 14.8. The van der Waals surface area contributed by atoms with Gasteiger partial charge in [0.2, 0.25) is 0 Å². The lowest BCUT2D eigenvalue weighted by Gasteiger charge is -2.28. The van der Waals surface area contributed by atoms with E-state index in [1.807, 2.05) is 24.3 Å². The molecule has 27 heavy (non-hydrogen) atoms. The Morgan fingerprint density at radius 1 is 1.00 bits per heavy atom. The van der Waals surface area contributed by atoms with E-state index in [-0.39, 0.29) is 5.56 Å². The van der Waals surface area contributed by atoms with Crippen molar-refractivity contribution in [3.8, 4) is 0 Å². The zero-order chi connectivity index (χ0) is 18.8. The number of hydrogen-bond donors (Lipinski definition) is 2. The number of pyridine rings is 1. The number of aromatic amines is 1. The number of aromatic nitrogens is 1. The number of fused-ring (bicyclic) bond motifs is 1. The molecule has 0 radical (unpaired) electrons. The van der Waals surface area contributed by atoms with Gasteiger partial charge in [0.25, 0.3) is 11.5 Å². The molecular formula is C21H20FN3O2. The van der Waals surface area contributed by atoms with Gasteiger partial charge in [0.15, 0.2) is 0 Å². The number of amides is 1. The average molecular weight is 365 g/mol. The van der Waals surface area contributed by atoms with E-state index in [0.29, 0.717) is 16.6 Å². The van der Waals surface area contributed by atoms with Crippen molar-refractivity contribution in [1.29, 1.82) is 0 Å². The third-order valence-electron chi connectivity index (χ3n) is 4.90. The van der Waals surface area contributed by atoms with Crippen LogP contribution in [0.4, 0.5) is 15.8 Å². The summed E-state index contributed by atoms with van der Waals surface area (Å²) in [5, 5.41) is 3.35. The number of nitrogens with one attached hydrogen (secondary N) is 2. The van der Waals surface area contributed by atoms with Crippen LogP contribution in [0.5, 0.6) is 0 Å². The molecule has 1 fully saturated rings. The monoisotopic (exact) mass is 365 g/mol. The largest absolute Gasteiger partial charge is 0.372 e. The van der Waals surface area contributed by atoms with Gasteiger partial charge in [-0.05, 0) is 73.2 Å². The Balaban J connectivity index is 1.53. The Morgan fingerprint density at radius 2 is 1.74 bits per heavy atom. The number of benzene rings is 2. The Hall–Kier alpha value is -3.15. The van der Waals surface area contributed by atoms with Crippen LogP contribution in [0.1, 0.15) is 29.6 Å². The summed E-state index contributed by atoms with van der Waals surface area (Å²) in [6.07, 6.45) is 3.68. The molecule has 1 aromatic heterocycles. The van der Waals surface area contributed by atoms with Crippen LogP contribution in [-0.4, -0.2) is 24.0 Å². The second-order valence-corrected chi connectivity index (χ2v) is 6.79. The minimum atomic E-state index is -0.546. The molecular weight excluding hydrogens is 345 g/mol. The molecule has 3 aromatic rings. The number of nitrogens with zero attached hydrogens (tertiary/aromatic N) is 1. The third kappa shape index (κ3) is 3.69. The summed E-state index contributed by atoms with van der Waals surface area (Å²) < 4.78 is 13.3. The molecule has 0 bridgehead atoms. The molecule has 2 heterocycles. The fraction of sp³-hybridized carbons (Fsp3) is 0.238. The molecule has 1 saturated heterocycles. The van der Waals surface area contributed by atoms with Gasteiger partial charge in [-0.15, -0.1) is 0 Å². The van der Waals surface area contributed by atoms with E-state index >= 15 is 0 Å². The topological polar surface area (TPSA) is 65.2 Å². The van der Waals surface area contributed by atoms with Gasteiger partial charge in [0, 0.05) is 24.5 Å². The smallest absolute Gasteiger partial charge is 0.261 e. The number of piperidine rings is 1. The quantitative estimate of drug-likeness (QED) is 0.740. The van der Waals surface area contributed by atoms with E-state index in [1.54, 1.807) is 0 Å². The van der Waals surface area contributed by atoms with Crippen LogP contribution in [0.25, 0.3) is 10.9 Å².